The Morgan fingerprint density at radius 3 is 2.58 bits per heavy atom. The Morgan fingerprint density at radius 1 is 1.58 bits per heavy atom. The summed E-state index contributed by atoms with van der Waals surface area (Å²) in [6, 6.07) is 0. The fourth-order valence-electron chi connectivity index (χ4n) is 0.936. The molecule has 1 aromatic rings. The monoisotopic (exact) mass is 187 g/mol. The van der Waals surface area contributed by atoms with Gasteiger partial charge in [-0.3, -0.25) is 4.79 Å². The molecule has 0 saturated carbocycles. The van der Waals surface area contributed by atoms with Crippen molar-refractivity contribution in [2.75, 3.05) is 0 Å². The van der Waals surface area contributed by atoms with Crippen molar-refractivity contribution >= 4 is 17.5 Å². The molecule has 12 heavy (non-hydrogen) atoms. The summed E-state index contributed by atoms with van der Waals surface area (Å²) in [5.74, 6) is -1.44. The molecule has 0 amide bonds. The predicted octanol–water partition coefficient (Wildman–Crippen LogP) is 0.757. The maximum absolute atomic E-state index is 10.8. The molecule has 1 unspecified atom stereocenters. The average molecular weight is 187 g/mol. The van der Waals surface area contributed by atoms with Crippen molar-refractivity contribution in [3.8, 4) is 0 Å². The van der Waals surface area contributed by atoms with Gasteiger partial charge in [-0.15, -0.1) is 5.10 Å². The molecule has 5 nitrogen and oxygen atoms in total. The van der Waals surface area contributed by atoms with E-state index < -0.39 is 11.9 Å². The lowest BCUT2D eigenvalue weighted by atomic mass is 9.97. The first kappa shape index (κ1) is 9.05. The Morgan fingerprint density at radius 2 is 2.25 bits per heavy atom. The molecule has 0 bridgehead atoms. The second-order valence-corrected chi connectivity index (χ2v) is 3.52. The summed E-state index contributed by atoms with van der Waals surface area (Å²) < 4.78 is 3.53. The van der Waals surface area contributed by atoms with E-state index in [0.29, 0.717) is 5.01 Å². The highest BCUT2D eigenvalue weighted by Crippen LogP contribution is 2.24. The van der Waals surface area contributed by atoms with Crippen LogP contribution in [0.5, 0.6) is 0 Å². The number of rotatable bonds is 3. The number of hydrogen-bond donors (Lipinski definition) is 1. The molecule has 1 heterocycles. The van der Waals surface area contributed by atoms with Gasteiger partial charge in [-0.05, 0) is 11.1 Å². The Labute approximate surface area is 73.6 Å². The molecule has 0 saturated heterocycles. The lowest BCUT2D eigenvalue weighted by Crippen LogP contribution is -2.17. The molecule has 0 aliphatic rings. The maximum Gasteiger partial charge on any atom is 0.313 e. The van der Waals surface area contributed by atoms with Gasteiger partial charge in [-0.25, -0.2) is 0 Å². The van der Waals surface area contributed by atoms with Crippen molar-refractivity contribution < 1.29 is 9.90 Å². The number of aliphatic carboxylic acids is 1. The van der Waals surface area contributed by atoms with Crippen molar-refractivity contribution in [1.82, 2.24) is 14.8 Å². The highest BCUT2D eigenvalue weighted by molar-refractivity contribution is 7.05. The highest BCUT2D eigenvalue weighted by atomic mass is 32.1. The summed E-state index contributed by atoms with van der Waals surface area (Å²) in [6.07, 6.45) is 0. The van der Waals surface area contributed by atoms with Crippen molar-refractivity contribution in [2.24, 2.45) is 5.92 Å². The number of carboxylic acids is 1. The molecule has 6 heteroatoms. The molecule has 0 spiro atoms. The Kier molecular flexibility index (Phi) is 2.69. The molecular weight excluding hydrogens is 178 g/mol. The number of nitrogens with zero attached hydrogens (tertiary/aromatic N) is 3. The van der Waals surface area contributed by atoms with Gasteiger partial charge in [-0.1, -0.05) is 18.3 Å². The van der Waals surface area contributed by atoms with Crippen molar-refractivity contribution in [3.05, 3.63) is 5.01 Å². The van der Waals surface area contributed by atoms with Crippen LogP contribution in [0.2, 0.25) is 0 Å². The van der Waals surface area contributed by atoms with Crippen LogP contribution in [0.3, 0.4) is 0 Å². The van der Waals surface area contributed by atoms with E-state index in [2.05, 4.69) is 14.8 Å². The molecule has 0 radical (unpaired) electrons. The van der Waals surface area contributed by atoms with Crippen LogP contribution in [-0.2, 0) is 4.79 Å². The number of carboxylic acid groups (broad SMARTS) is 1. The van der Waals surface area contributed by atoms with Crippen LogP contribution in [0, 0.1) is 5.92 Å². The molecular formula is C6H9N3O2S. The third-order valence-electron chi connectivity index (χ3n) is 1.51. The van der Waals surface area contributed by atoms with Gasteiger partial charge in [0.15, 0.2) is 5.01 Å². The first-order valence-electron chi connectivity index (χ1n) is 3.50. The zero-order valence-electron chi connectivity index (χ0n) is 6.76. The molecule has 0 fully saturated rings. The summed E-state index contributed by atoms with van der Waals surface area (Å²) in [7, 11) is 0. The largest absolute Gasteiger partial charge is 0.481 e. The fourth-order valence-corrected chi connectivity index (χ4v) is 1.65. The van der Waals surface area contributed by atoms with Crippen LogP contribution in [0.15, 0.2) is 0 Å². The van der Waals surface area contributed by atoms with E-state index in [9.17, 15) is 4.79 Å². The molecule has 0 aliphatic heterocycles. The lowest BCUT2D eigenvalue weighted by molar-refractivity contribution is -0.139. The molecule has 1 rings (SSSR count). The minimum atomic E-state index is -0.872. The molecule has 0 aliphatic carbocycles. The van der Waals surface area contributed by atoms with Gasteiger partial charge in [0.1, 0.15) is 5.92 Å². The topological polar surface area (TPSA) is 76.0 Å². The standard InChI is InChI=1S/C6H9N3O2S/c1-3(2)4(6(10)11)5-7-8-9-12-5/h3-4H,1-2H3,(H,10,11). The maximum atomic E-state index is 10.8. The third kappa shape index (κ3) is 1.76. The van der Waals surface area contributed by atoms with Crippen LogP contribution >= 0.6 is 11.5 Å². The third-order valence-corrected chi connectivity index (χ3v) is 2.19. The Hall–Kier alpha value is -1.04. The quantitative estimate of drug-likeness (QED) is 0.755. The molecule has 1 N–H and O–H groups in total. The van der Waals surface area contributed by atoms with Crippen LogP contribution in [-0.4, -0.2) is 25.9 Å². The van der Waals surface area contributed by atoms with E-state index in [1.54, 1.807) is 0 Å². The van der Waals surface area contributed by atoms with E-state index in [0.717, 1.165) is 11.5 Å². The Balaban J connectivity index is 2.88. The lowest BCUT2D eigenvalue weighted by Gasteiger charge is -2.10. The first-order chi connectivity index (χ1) is 5.63. The SMILES string of the molecule is CC(C)C(C(=O)O)c1nnns1. The number of aromatic nitrogens is 3. The molecule has 0 aromatic carbocycles. The van der Waals surface area contributed by atoms with Gasteiger partial charge in [0, 0.05) is 11.5 Å². The van der Waals surface area contributed by atoms with Crippen LogP contribution < -0.4 is 0 Å². The van der Waals surface area contributed by atoms with Gasteiger partial charge in [0.25, 0.3) is 0 Å². The normalized spacial score (nSPS) is 13.2. The van der Waals surface area contributed by atoms with Crippen molar-refractivity contribution in [1.29, 1.82) is 0 Å². The zero-order chi connectivity index (χ0) is 9.14. The van der Waals surface area contributed by atoms with E-state index in [4.69, 9.17) is 5.11 Å². The van der Waals surface area contributed by atoms with Gasteiger partial charge >= 0.3 is 5.97 Å². The smallest absolute Gasteiger partial charge is 0.313 e. The molecule has 1 atom stereocenters. The minimum absolute atomic E-state index is 0.0113. The molecule has 66 valence electrons. The summed E-state index contributed by atoms with van der Waals surface area (Å²) in [4.78, 5) is 10.8. The minimum Gasteiger partial charge on any atom is -0.481 e. The van der Waals surface area contributed by atoms with Crippen molar-refractivity contribution in [2.45, 2.75) is 19.8 Å². The van der Waals surface area contributed by atoms with Gasteiger partial charge in [0.2, 0.25) is 0 Å². The van der Waals surface area contributed by atoms with Crippen molar-refractivity contribution in [3.63, 3.8) is 0 Å². The summed E-state index contributed by atoms with van der Waals surface area (Å²) in [5.41, 5.74) is 0. The highest BCUT2D eigenvalue weighted by Gasteiger charge is 2.26. The zero-order valence-corrected chi connectivity index (χ0v) is 7.58. The van der Waals surface area contributed by atoms with Crippen LogP contribution in [0.25, 0.3) is 0 Å². The fraction of sp³-hybridized carbons (Fsp3) is 0.667. The summed E-state index contributed by atoms with van der Waals surface area (Å²) >= 11 is 1.03. The van der Waals surface area contributed by atoms with E-state index >= 15 is 0 Å². The first-order valence-corrected chi connectivity index (χ1v) is 4.28. The number of hydrogen-bond acceptors (Lipinski definition) is 5. The average Bonchev–Trinajstić information content (AvgIpc) is 2.37. The molecule has 1 aromatic heterocycles. The van der Waals surface area contributed by atoms with E-state index in [-0.39, 0.29) is 5.92 Å². The van der Waals surface area contributed by atoms with Crippen LogP contribution in [0.1, 0.15) is 24.8 Å². The van der Waals surface area contributed by atoms with Gasteiger partial charge < -0.3 is 5.11 Å². The summed E-state index contributed by atoms with van der Waals surface area (Å²) in [6.45, 7) is 3.67. The second kappa shape index (κ2) is 3.57. The predicted molar refractivity (Wildman–Crippen MR) is 42.9 cm³/mol. The van der Waals surface area contributed by atoms with Crippen LogP contribution in [0.4, 0.5) is 0 Å². The van der Waals surface area contributed by atoms with Gasteiger partial charge in [-0.2, -0.15) is 0 Å². The second-order valence-electron chi connectivity index (χ2n) is 2.76. The van der Waals surface area contributed by atoms with Gasteiger partial charge in [0.05, 0.1) is 0 Å². The number of carbonyl (C=O) groups is 1. The Bertz CT molecular complexity index is 260. The van der Waals surface area contributed by atoms with E-state index in [1.165, 1.54) is 0 Å². The summed E-state index contributed by atoms with van der Waals surface area (Å²) in [5, 5.41) is 16.3. The van der Waals surface area contributed by atoms with E-state index in [1.807, 2.05) is 13.8 Å².